The molecule has 0 rings (SSSR count). The molecule has 0 amide bonds. The highest BCUT2D eigenvalue weighted by Gasteiger charge is 2.49. The molecule has 0 heterocycles. The average Bonchev–Trinajstić information content (AvgIpc) is 2.39. The summed E-state index contributed by atoms with van der Waals surface area (Å²) >= 11 is 0. The molecule has 0 saturated heterocycles. The van der Waals surface area contributed by atoms with E-state index in [2.05, 4.69) is 6.92 Å². The molecule has 0 saturated carbocycles. The van der Waals surface area contributed by atoms with Gasteiger partial charge in [0.2, 0.25) is 0 Å². The first-order valence-corrected chi connectivity index (χ1v) is 8.58. The molecule has 0 aromatic heterocycles. The third-order valence-electron chi connectivity index (χ3n) is 2.54. The van der Waals surface area contributed by atoms with E-state index in [0.717, 1.165) is 6.42 Å². The summed E-state index contributed by atoms with van der Waals surface area (Å²) in [6, 6.07) is 0.701. The molecular weight excluding hydrogens is 268 g/mol. The molecule has 0 fully saturated rings. The van der Waals surface area contributed by atoms with Crippen LogP contribution in [0.25, 0.3) is 0 Å². The van der Waals surface area contributed by atoms with Gasteiger partial charge in [-0.25, -0.2) is 0 Å². The van der Waals surface area contributed by atoms with Crippen molar-refractivity contribution in [3.05, 3.63) is 0 Å². The topological polar surface area (TPSA) is 55.4 Å². The summed E-state index contributed by atoms with van der Waals surface area (Å²) in [4.78, 5) is 0. The molecule has 6 nitrogen and oxygen atoms in total. The molecule has 116 valence electrons. The molecule has 0 aromatic rings. The highest BCUT2D eigenvalue weighted by atomic mass is 28.4. The van der Waals surface area contributed by atoms with Crippen LogP contribution in [0.5, 0.6) is 0 Å². The molecule has 0 aliphatic heterocycles. The number of rotatable bonds is 12. The predicted molar refractivity (Wildman–Crippen MR) is 73.8 cm³/mol. The zero-order valence-corrected chi connectivity index (χ0v) is 14.0. The van der Waals surface area contributed by atoms with Crippen LogP contribution in [0.15, 0.2) is 0 Å². The molecule has 0 bridgehead atoms. The van der Waals surface area contributed by atoms with Gasteiger partial charge in [0, 0.05) is 40.6 Å². The van der Waals surface area contributed by atoms with Crippen LogP contribution < -0.4 is 0 Å². The highest BCUT2D eigenvalue weighted by Crippen LogP contribution is 2.26. The lowest BCUT2D eigenvalue weighted by molar-refractivity contribution is -0.354. The Kier molecular flexibility index (Phi) is 9.80. The van der Waals surface area contributed by atoms with Gasteiger partial charge < -0.3 is 27.5 Å². The first-order valence-electron chi connectivity index (χ1n) is 6.64. The lowest BCUT2D eigenvalue weighted by Crippen LogP contribution is -2.56. The molecule has 0 unspecified atom stereocenters. The normalized spacial score (nSPS) is 12.9. The fraction of sp³-hybridized carbons (Fsp3) is 1.00. The SMILES string of the molecule is CCC[Si](OCC)(OCC)OC(COC)(OC)OC. The van der Waals surface area contributed by atoms with E-state index in [4.69, 9.17) is 27.5 Å². The molecule has 0 aliphatic carbocycles. The minimum absolute atomic E-state index is 0.138. The van der Waals surface area contributed by atoms with Gasteiger partial charge in [-0.3, -0.25) is 0 Å². The van der Waals surface area contributed by atoms with Crippen LogP contribution in [-0.4, -0.2) is 55.9 Å². The van der Waals surface area contributed by atoms with E-state index >= 15 is 0 Å². The van der Waals surface area contributed by atoms with Gasteiger partial charge in [-0.15, -0.1) is 0 Å². The third-order valence-corrected chi connectivity index (χ3v) is 5.73. The smallest absolute Gasteiger partial charge is 0.376 e. The Bertz CT molecular complexity index is 205. The van der Waals surface area contributed by atoms with Gasteiger partial charge in [0.1, 0.15) is 6.61 Å². The predicted octanol–water partition coefficient (Wildman–Crippen LogP) is 2.02. The number of methoxy groups -OCH3 is 3. The number of hydrogen-bond acceptors (Lipinski definition) is 6. The Hall–Kier alpha value is -0.0231. The quantitative estimate of drug-likeness (QED) is 0.406. The van der Waals surface area contributed by atoms with E-state index in [9.17, 15) is 0 Å². The van der Waals surface area contributed by atoms with Gasteiger partial charge in [0.15, 0.2) is 0 Å². The molecule has 19 heavy (non-hydrogen) atoms. The van der Waals surface area contributed by atoms with E-state index in [1.165, 1.54) is 14.2 Å². The lowest BCUT2D eigenvalue weighted by atomic mass is 10.6. The zero-order valence-electron chi connectivity index (χ0n) is 13.0. The Balaban J connectivity index is 5.10. The second-order valence-corrected chi connectivity index (χ2v) is 6.57. The summed E-state index contributed by atoms with van der Waals surface area (Å²) in [5.41, 5.74) is 0. The fourth-order valence-corrected chi connectivity index (χ4v) is 4.55. The van der Waals surface area contributed by atoms with Crippen molar-refractivity contribution in [3.8, 4) is 0 Å². The largest absolute Gasteiger partial charge is 0.504 e. The lowest BCUT2D eigenvalue weighted by Gasteiger charge is -2.38. The maximum atomic E-state index is 6.01. The van der Waals surface area contributed by atoms with Crippen LogP contribution in [0, 0.1) is 0 Å². The van der Waals surface area contributed by atoms with Crippen molar-refractivity contribution in [3.63, 3.8) is 0 Å². The molecule has 0 radical (unpaired) electrons. The van der Waals surface area contributed by atoms with Gasteiger partial charge in [0.05, 0.1) is 0 Å². The maximum absolute atomic E-state index is 6.01. The van der Waals surface area contributed by atoms with Gasteiger partial charge in [-0.2, -0.15) is 0 Å². The summed E-state index contributed by atoms with van der Waals surface area (Å²) < 4.78 is 33.4. The Morgan fingerprint density at radius 2 is 1.42 bits per heavy atom. The fourth-order valence-electron chi connectivity index (χ4n) is 1.77. The number of hydrogen-bond donors (Lipinski definition) is 0. The van der Waals surface area contributed by atoms with Crippen LogP contribution in [0.4, 0.5) is 0 Å². The third kappa shape index (κ3) is 5.86. The standard InChI is InChI=1S/C12H28O6Si/c1-7-10-19(16-8-2,17-9-3)18-12(14-5,15-6)11-13-4/h7-11H2,1-6H3. The van der Waals surface area contributed by atoms with Gasteiger partial charge in [-0.1, -0.05) is 13.3 Å². The summed E-state index contributed by atoms with van der Waals surface area (Å²) in [7, 11) is 1.73. The second-order valence-electron chi connectivity index (χ2n) is 3.93. The van der Waals surface area contributed by atoms with E-state index in [0.29, 0.717) is 19.3 Å². The van der Waals surface area contributed by atoms with Crippen LogP contribution in [0.2, 0.25) is 6.04 Å². The van der Waals surface area contributed by atoms with E-state index < -0.39 is 14.8 Å². The minimum atomic E-state index is -2.84. The highest BCUT2D eigenvalue weighted by molar-refractivity contribution is 6.60. The Morgan fingerprint density at radius 1 is 0.895 bits per heavy atom. The van der Waals surface area contributed by atoms with Crippen molar-refractivity contribution in [1.82, 2.24) is 0 Å². The van der Waals surface area contributed by atoms with Crippen molar-refractivity contribution in [2.75, 3.05) is 41.2 Å². The summed E-state index contributed by atoms with van der Waals surface area (Å²) in [6.07, 6.45) is 0.892. The molecule has 0 spiro atoms. The molecule has 0 atom stereocenters. The van der Waals surface area contributed by atoms with Crippen molar-refractivity contribution in [2.24, 2.45) is 0 Å². The summed E-state index contributed by atoms with van der Waals surface area (Å²) in [6.45, 7) is 7.06. The van der Waals surface area contributed by atoms with Crippen molar-refractivity contribution >= 4 is 8.80 Å². The molecule has 0 aliphatic rings. The van der Waals surface area contributed by atoms with Crippen LogP contribution in [-0.2, 0) is 27.5 Å². The van der Waals surface area contributed by atoms with Crippen LogP contribution >= 0.6 is 0 Å². The summed E-state index contributed by atoms with van der Waals surface area (Å²) in [5, 5.41) is 0. The van der Waals surface area contributed by atoms with Crippen molar-refractivity contribution < 1.29 is 27.5 Å². The van der Waals surface area contributed by atoms with Gasteiger partial charge in [-0.05, 0) is 13.8 Å². The van der Waals surface area contributed by atoms with Gasteiger partial charge >= 0.3 is 14.8 Å². The molecule has 0 aromatic carbocycles. The molecule has 0 N–H and O–H groups in total. The molecule has 7 heteroatoms. The van der Waals surface area contributed by atoms with Gasteiger partial charge in [0.25, 0.3) is 0 Å². The van der Waals surface area contributed by atoms with E-state index in [-0.39, 0.29) is 6.61 Å². The second kappa shape index (κ2) is 9.81. The van der Waals surface area contributed by atoms with Crippen LogP contribution in [0.1, 0.15) is 27.2 Å². The Labute approximate surface area is 117 Å². The number of ether oxygens (including phenoxy) is 3. The van der Waals surface area contributed by atoms with E-state index in [1.54, 1.807) is 7.11 Å². The summed E-state index contributed by atoms with van der Waals surface area (Å²) in [5.74, 6) is -1.29. The monoisotopic (exact) mass is 296 g/mol. The average molecular weight is 296 g/mol. The first-order chi connectivity index (χ1) is 9.07. The first kappa shape index (κ1) is 19.0. The maximum Gasteiger partial charge on any atom is 0.504 e. The Morgan fingerprint density at radius 3 is 1.74 bits per heavy atom. The van der Waals surface area contributed by atoms with Crippen molar-refractivity contribution in [2.45, 2.75) is 39.2 Å². The molecular formula is C12H28O6Si. The van der Waals surface area contributed by atoms with Crippen LogP contribution in [0.3, 0.4) is 0 Å². The minimum Gasteiger partial charge on any atom is -0.376 e. The zero-order chi connectivity index (χ0) is 14.8. The van der Waals surface area contributed by atoms with E-state index in [1.807, 2.05) is 13.8 Å². The van der Waals surface area contributed by atoms with Crippen molar-refractivity contribution in [1.29, 1.82) is 0 Å².